The molecular weight excluding hydrogens is 971 g/mol. The Morgan fingerprint density at radius 1 is 0.635 bits per heavy atom. The van der Waals surface area contributed by atoms with Gasteiger partial charge in [-0.1, -0.05) is 86.8 Å². The monoisotopic (exact) mass is 1060 g/mol. The summed E-state index contributed by atoms with van der Waals surface area (Å²) >= 11 is 0. The third kappa shape index (κ3) is 19.9. The first kappa shape index (κ1) is 63.2. The van der Waals surface area contributed by atoms with E-state index in [-0.39, 0.29) is 44.4 Å². The van der Waals surface area contributed by atoms with Gasteiger partial charge in [-0.05, 0) is 59.3 Å². The van der Waals surface area contributed by atoms with Crippen LogP contribution in [0.1, 0.15) is 105 Å². The number of ether oxygens (including phenoxy) is 6. The van der Waals surface area contributed by atoms with Crippen LogP contribution in [0.25, 0.3) is 0 Å². The fraction of sp³-hybridized carbons (Fsp3) is 0.736. The Hall–Kier alpha value is -3.30. The maximum absolute atomic E-state index is 13.1. The number of allylic oxidation sites excluding steroid dienone is 10. The first-order valence-electron chi connectivity index (χ1n) is 25.9. The van der Waals surface area contributed by atoms with E-state index in [2.05, 4.69) is 0 Å². The number of carboxylic acid groups (broad SMARTS) is 1. The Kier molecular flexibility index (Phi) is 26.1. The standard InChI is InChI=1S/C53H85NO20/c1-29-18-16-14-12-10-8-6-7-9-11-13-15-17-19-37(72-52-49(65)46(54)48(64)33(5)71-52)25-42-45(51(66)67)41(61)28-53(68,74-42)27-40(60)38(58)21-20-34(55)22-35(56)23-36(57)24-43(62)69-31(3)30(2)50(29)73-44-26-39(59)47(63)32(4)70-44/h6-7,9,11-19,29-42,44-50,52,55-61,63-65,68H,8,10,20-28,54H2,1-5H3,(H,66,67)/t29?,30?,31?,32-,33+,34?,35?,36?,37?,38?,39+,40?,41?,42?,44?,45?,46-,47-,48+,49-,50?,52-,53?/m0/s1. The normalized spacial score (nSPS) is 43.9. The molecule has 0 aliphatic carbocycles. The molecule has 4 heterocycles. The number of hydrogen-bond donors (Lipinski definition) is 13. The van der Waals surface area contributed by atoms with Gasteiger partial charge >= 0.3 is 11.9 Å². The molecule has 4 aliphatic heterocycles. The van der Waals surface area contributed by atoms with Crippen LogP contribution < -0.4 is 5.73 Å². The zero-order valence-electron chi connectivity index (χ0n) is 43.1. The lowest BCUT2D eigenvalue weighted by Gasteiger charge is -2.45. The summed E-state index contributed by atoms with van der Waals surface area (Å²) in [4.78, 5) is 25.6. The third-order valence-electron chi connectivity index (χ3n) is 14.2. The molecule has 4 rings (SSSR count). The summed E-state index contributed by atoms with van der Waals surface area (Å²) in [5.41, 5.74) is 6.04. The molecule has 74 heavy (non-hydrogen) atoms. The van der Waals surface area contributed by atoms with Crippen molar-refractivity contribution in [3.63, 3.8) is 0 Å². The van der Waals surface area contributed by atoms with E-state index in [4.69, 9.17) is 34.2 Å². The number of carboxylic acids is 1. The van der Waals surface area contributed by atoms with Crippen LogP contribution in [0.3, 0.4) is 0 Å². The smallest absolute Gasteiger partial charge is 0.311 e. The molecule has 0 aromatic rings. The van der Waals surface area contributed by atoms with Gasteiger partial charge in [0.2, 0.25) is 0 Å². The van der Waals surface area contributed by atoms with Crippen molar-refractivity contribution in [1.82, 2.24) is 0 Å². The van der Waals surface area contributed by atoms with E-state index in [1.54, 1.807) is 38.2 Å². The molecular formula is C53H85NO20. The summed E-state index contributed by atoms with van der Waals surface area (Å²) in [6.07, 6.45) is -1.63. The number of rotatable bonds is 5. The van der Waals surface area contributed by atoms with Crippen molar-refractivity contribution in [1.29, 1.82) is 0 Å². The first-order valence-corrected chi connectivity index (χ1v) is 25.9. The highest BCUT2D eigenvalue weighted by Crippen LogP contribution is 2.38. The largest absolute Gasteiger partial charge is 0.481 e. The Labute approximate surface area is 433 Å². The van der Waals surface area contributed by atoms with E-state index in [0.29, 0.717) is 0 Å². The topological polar surface area (TPSA) is 358 Å². The number of nitrogens with two attached hydrogens (primary N) is 1. The van der Waals surface area contributed by atoms with Gasteiger partial charge in [0.25, 0.3) is 0 Å². The van der Waals surface area contributed by atoms with Gasteiger partial charge < -0.3 is 95.4 Å². The second-order valence-corrected chi connectivity index (χ2v) is 20.5. The minimum atomic E-state index is -2.37. The molecule has 0 radical (unpaired) electrons. The van der Waals surface area contributed by atoms with Crippen molar-refractivity contribution in [3.8, 4) is 0 Å². The quantitative estimate of drug-likeness (QED) is 0.170. The number of carbonyl (C=O) groups excluding carboxylic acids is 1. The molecule has 0 aromatic carbocycles. The van der Waals surface area contributed by atoms with E-state index < -0.39 is 165 Å². The van der Waals surface area contributed by atoms with Gasteiger partial charge in [0, 0.05) is 37.5 Å². The molecule has 4 aliphatic rings. The van der Waals surface area contributed by atoms with Crippen molar-refractivity contribution in [3.05, 3.63) is 72.9 Å². The fourth-order valence-corrected chi connectivity index (χ4v) is 9.63. The second kappa shape index (κ2) is 30.6. The number of aliphatic hydroxyl groups excluding tert-OH is 10. The summed E-state index contributed by atoms with van der Waals surface area (Å²) in [7, 11) is 0. The van der Waals surface area contributed by atoms with E-state index in [1.807, 2.05) is 56.4 Å². The third-order valence-corrected chi connectivity index (χ3v) is 14.2. The number of fused-ring (bicyclic) bond motifs is 2. The summed E-state index contributed by atoms with van der Waals surface area (Å²) in [5.74, 6) is -6.88. The molecule has 15 unspecified atom stereocenters. The summed E-state index contributed by atoms with van der Waals surface area (Å²) < 4.78 is 35.8. The highest BCUT2D eigenvalue weighted by atomic mass is 16.7. The minimum Gasteiger partial charge on any atom is -0.481 e. The predicted octanol–water partition coefficient (Wildman–Crippen LogP) is 0.817. The highest BCUT2D eigenvalue weighted by Gasteiger charge is 2.51. The van der Waals surface area contributed by atoms with Crippen molar-refractivity contribution in [2.75, 3.05) is 0 Å². The van der Waals surface area contributed by atoms with Gasteiger partial charge in [-0.25, -0.2) is 0 Å². The Bertz CT molecular complexity index is 1870. The van der Waals surface area contributed by atoms with Gasteiger partial charge in [-0.3, -0.25) is 9.59 Å². The van der Waals surface area contributed by atoms with Crippen LogP contribution >= 0.6 is 0 Å². The summed E-state index contributed by atoms with van der Waals surface area (Å²) in [5, 5.41) is 129. The van der Waals surface area contributed by atoms with E-state index in [0.717, 1.165) is 12.8 Å². The predicted molar refractivity (Wildman–Crippen MR) is 267 cm³/mol. The van der Waals surface area contributed by atoms with Gasteiger partial charge in [0.1, 0.15) is 24.2 Å². The molecule has 0 aromatic heterocycles. The van der Waals surface area contributed by atoms with Crippen LogP contribution in [0.4, 0.5) is 0 Å². The average molecular weight is 1060 g/mol. The number of hydrogen-bond acceptors (Lipinski definition) is 20. The van der Waals surface area contributed by atoms with Gasteiger partial charge in [0.15, 0.2) is 18.4 Å². The number of cyclic esters (lactones) is 1. The molecule has 422 valence electrons. The van der Waals surface area contributed by atoms with E-state index in [1.165, 1.54) is 13.0 Å². The van der Waals surface area contributed by atoms with E-state index in [9.17, 15) is 70.9 Å². The molecule has 3 saturated heterocycles. The number of aliphatic hydroxyl groups is 11. The second-order valence-electron chi connectivity index (χ2n) is 20.5. The Morgan fingerprint density at radius 2 is 1.23 bits per heavy atom. The number of esters is 1. The number of carbonyl (C=O) groups is 2. The average Bonchev–Trinajstić information content (AvgIpc) is 3.31. The molecule has 0 amide bonds. The molecule has 21 heteroatoms. The van der Waals surface area contributed by atoms with E-state index >= 15 is 0 Å². The molecule has 2 bridgehead atoms. The Balaban J connectivity index is 1.55. The summed E-state index contributed by atoms with van der Waals surface area (Å²) in [6, 6.07) is -1.16. The lowest BCUT2D eigenvalue weighted by Crippen LogP contribution is -2.61. The molecule has 0 saturated carbocycles. The zero-order chi connectivity index (χ0) is 54.9. The van der Waals surface area contributed by atoms with Crippen LogP contribution in [0.2, 0.25) is 0 Å². The van der Waals surface area contributed by atoms with Crippen LogP contribution in [0, 0.1) is 17.8 Å². The molecule has 3 fully saturated rings. The van der Waals surface area contributed by atoms with Crippen LogP contribution in [-0.2, 0) is 38.0 Å². The lowest BCUT2D eigenvalue weighted by molar-refractivity contribution is -0.310. The van der Waals surface area contributed by atoms with Crippen LogP contribution in [0.15, 0.2) is 72.9 Å². The van der Waals surface area contributed by atoms with Gasteiger partial charge in [-0.15, -0.1) is 0 Å². The van der Waals surface area contributed by atoms with Crippen molar-refractivity contribution < 1.29 is 99.3 Å². The lowest BCUT2D eigenvalue weighted by atomic mass is 9.82. The number of aliphatic carboxylic acids is 1. The minimum absolute atomic E-state index is 0.0208. The SMILES string of the molecule is CC1C=CC=CCCC=CC=CC=CC=CC(O[C@@H]2O[C@H](C)[C@@H](O)[C@H](N)[C@@H]2O)CC2OC(O)(CC(O)C(O)CCC(O)CC(O)CC(O)CC(=O)OC(C)C(C)C1OC1C[C@@H](O)[C@@H](O)[C@H](C)O1)CC(O)C2C(=O)O. The van der Waals surface area contributed by atoms with Gasteiger partial charge in [0.05, 0.1) is 91.8 Å². The highest BCUT2D eigenvalue weighted by molar-refractivity contribution is 5.71. The summed E-state index contributed by atoms with van der Waals surface area (Å²) in [6.45, 7) is 8.61. The maximum Gasteiger partial charge on any atom is 0.311 e. The zero-order valence-corrected chi connectivity index (χ0v) is 43.1. The Morgan fingerprint density at radius 3 is 1.89 bits per heavy atom. The fourth-order valence-electron chi connectivity index (χ4n) is 9.63. The maximum atomic E-state index is 13.1. The van der Waals surface area contributed by atoms with Crippen LogP contribution in [0.5, 0.6) is 0 Å². The molecule has 14 N–H and O–H groups in total. The van der Waals surface area contributed by atoms with Crippen molar-refractivity contribution in [2.24, 2.45) is 23.5 Å². The van der Waals surface area contributed by atoms with Gasteiger partial charge in [-0.2, -0.15) is 0 Å². The molecule has 23 atom stereocenters. The first-order chi connectivity index (χ1) is 34.9. The molecule has 0 spiro atoms. The van der Waals surface area contributed by atoms with Crippen molar-refractivity contribution in [2.45, 2.75) is 227 Å². The molecule has 21 nitrogen and oxygen atoms in total. The van der Waals surface area contributed by atoms with Crippen molar-refractivity contribution >= 4 is 11.9 Å². The van der Waals surface area contributed by atoms with Crippen LogP contribution in [-0.4, -0.2) is 195 Å².